The van der Waals surface area contributed by atoms with Crippen LogP contribution in [0, 0.1) is 0 Å². The van der Waals surface area contributed by atoms with Crippen LogP contribution in [-0.2, 0) is 0 Å². The van der Waals surface area contributed by atoms with Crippen molar-refractivity contribution in [3.8, 4) is 5.75 Å². The van der Waals surface area contributed by atoms with E-state index < -0.39 is 0 Å². The topological polar surface area (TPSA) is 52.3 Å². The molecule has 0 aromatic heterocycles. The molecule has 17 heavy (non-hydrogen) atoms. The summed E-state index contributed by atoms with van der Waals surface area (Å²) in [5, 5.41) is 0. The maximum atomic E-state index is 12.2. The van der Waals surface area contributed by atoms with Crippen LogP contribution in [0.3, 0.4) is 0 Å². The van der Waals surface area contributed by atoms with Gasteiger partial charge in [0, 0.05) is 12.0 Å². The highest BCUT2D eigenvalue weighted by molar-refractivity contribution is 5.99. The average Bonchev–Trinajstić information content (AvgIpc) is 2.75. The molecule has 0 saturated heterocycles. The van der Waals surface area contributed by atoms with Gasteiger partial charge in [-0.2, -0.15) is 0 Å². The zero-order valence-corrected chi connectivity index (χ0v) is 10.2. The normalized spacial score (nSPS) is 18.0. The van der Waals surface area contributed by atoms with Gasteiger partial charge in [0.1, 0.15) is 5.75 Å². The standard InChI is InChI=1S/C14H19NO2/c1-17-13-7-3-2-6-11(13)12(16)10-14(15)8-4-5-9-14/h2-3,6-7H,4-5,8-10,15H2,1H3. The number of benzene rings is 1. The van der Waals surface area contributed by atoms with E-state index in [-0.39, 0.29) is 11.3 Å². The molecular formula is C14H19NO2. The fourth-order valence-corrected chi connectivity index (χ4v) is 2.55. The second-order valence-electron chi connectivity index (χ2n) is 4.87. The van der Waals surface area contributed by atoms with E-state index in [1.807, 2.05) is 18.2 Å². The summed E-state index contributed by atoms with van der Waals surface area (Å²) in [5.41, 5.74) is 6.58. The Labute approximate surface area is 102 Å². The monoisotopic (exact) mass is 233 g/mol. The Balaban J connectivity index is 2.14. The number of hydrogen-bond acceptors (Lipinski definition) is 3. The van der Waals surface area contributed by atoms with Gasteiger partial charge in [-0.3, -0.25) is 4.79 Å². The Morgan fingerprint density at radius 1 is 1.35 bits per heavy atom. The highest BCUT2D eigenvalue weighted by Gasteiger charge is 2.32. The summed E-state index contributed by atoms with van der Waals surface area (Å²) in [6.07, 6.45) is 4.60. The minimum atomic E-state index is -0.294. The molecule has 1 fully saturated rings. The molecule has 0 atom stereocenters. The van der Waals surface area contributed by atoms with Crippen LogP contribution < -0.4 is 10.5 Å². The number of rotatable bonds is 4. The maximum Gasteiger partial charge on any atom is 0.168 e. The molecule has 1 aromatic rings. The van der Waals surface area contributed by atoms with Crippen molar-refractivity contribution in [1.29, 1.82) is 0 Å². The van der Waals surface area contributed by atoms with Crippen LogP contribution in [0.2, 0.25) is 0 Å². The lowest BCUT2D eigenvalue weighted by Gasteiger charge is -2.22. The zero-order chi connectivity index (χ0) is 12.3. The van der Waals surface area contributed by atoms with Crippen LogP contribution >= 0.6 is 0 Å². The van der Waals surface area contributed by atoms with Crippen LogP contribution in [0.5, 0.6) is 5.75 Å². The summed E-state index contributed by atoms with van der Waals surface area (Å²) in [4.78, 5) is 12.2. The van der Waals surface area contributed by atoms with Crippen molar-refractivity contribution in [2.24, 2.45) is 5.73 Å². The first kappa shape index (κ1) is 12.1. The second-order valence-corrected chi connectivity index (χ2v) is 4.87. The van der Waals surface area contributed by atoms with Crippen molar-refractivity contribution >= 4 is 5.78 Å². The summed E-state index contributed by atoms with van der Waals surface area (Å²) < 4.78 is 5.20. The van der Waals surface area contributed by atoms with E-state index in [4.69, 9.17) is 10.5 Å². The Kier molecular flexibility index (Phi) is 3.48. The highest BCUT2D eigenvalue weighted by atomic mass is 16.5. The Morgan fingerprint density at radius 3 is 2.65 bits per heavy atom. The van der Waals surface area contributed by atoms with Gasteiger partial charge >= 0.3 is 0 Å². The molecule has 1 saturated carbocycles. The van der Waals surface area contributed by atoms with Gasteiger partial charge in [-0.1, -0.05) is 25.0 Å². The van der Waals surface area contributed by atoms with Crippen molar-refractivity contribution in [3.05, 3.63) is 29.8 Å². The summed E-state index contributed by atoms with van der Waals surface area (Å²) in [6, 6.07) is 7.33. The van der Waals surface area contributed by atoms with Gasteiger partial charge in [0.05, 0.1) is 12.7 Å². The van der Waals surface area contributed by atoms with Crippen LogP contribution in [-0.4, -0.2) is 18.4 Å². The number of para-hydroxylation sites is 1. The highest BCUT2D eigenvalue weighted by Crippen LogP contribution is 2.32. The Hall–Kier alpha value is -1.35. The number of ether oxygens (including phenoxy) is 1. The molecule has 2 N–H and O–H groups in total. The SMILES string of the molecule is COc1ccccc1C(=O)CC1(N)CCCC1. The number of carbonyl (C=O) groups excluding carboxylic acids is 1. The van der Waals surface area contributed by atoms with Gasteiger partial charge < -0.3 is 10.5 Å². The van der Waals surface area contributed by atoms with Crippen molar-refractivity contribution < 1.29 is 9.53 Å². The van der Waals surface area contributed by atoms with Crippen LogP contribution in [0.1, 0.15) is 42.5 Å². The van der Waals surface area contributed by atoms with Crippen LogP contribution in [0.15, 0.2) is 24.3 Å². The lowest BCUT2D eigenvalue weighted by atomic mass is 9.90. The molecule has 2 rings (SSSR count). The summed E-state index contributed by atoms with van der Waals surface area (Å²) in [7, 11) is 1.58. The molecule has 0 amide bonds. The second kappa shape index (κ2) is 4.88. The van der Waals surface area contributed by atoms with E-state index in [9.17, 15) is 4.79 Å². The smallest absolute Gasteiger partial charge is 0.168 e. The molecule has 0 radical (unpaired) electrons. The van der Waals surface area contributed by atoms with E-state index in [1.165, 1.54) is 0 Å². The molecular weight excluding hydrogens is 214 g/mol. The average molecular weight is 233 g/mol. The fraction of sp³-hybridized carbons (Fsp3) is 0.500. The van der Waals surface area contributed by atoms with Crippen molar-refractivity contribution in [3.63, 3.8) is 0 Å². The van der Waals surface area contributed by atoms with Gasteiger partial charge in [0.25, 0.3) is 0 Å². The third-order valence-corrected chi connectivity index (χ3v) is 3.52. The summed E-state index contributed by atoms with van der Waals surface area (Å²) in [6.45, 7) is 0. The van der Waals surface area contributed by atoms with Gasteiger partial charge in [-0.25, -0.2) is 0 Å². The molecule has 0 unspecified atom stereocenters. The number of nitrogens with two attached hydrogens (primary N) is 1. The zero-order valence-electron chi connectivity index (χ0n) is 10.2. The fourth-order valence-electron chi connectivity index (χ4n) is 2.55. The van der Waals surface area contributed by atoms with E-state index in [1.54, 1.807) is 13.2 Å². The number of carbonyl (C=O) groups is 1. The van der Waals surface area contributed by atoms with Crippen LogP contribution in [0.4, 0.5) is 0 Å². The van der Waals surface area contributed by atoms with E-state index in [2.05, 4.69) is 0 Å². The molecule has 0 aliphatic heterocycles. The number of hydrogen-bond donors (Lipinski definition) is 1. The minimum absolute atomic E-state index is 0.0897. The van der Waals surface area contributed by atoms with Gasteiger partial charge in [0.2, 0.25) is 0 Å². The molecule has 3 nitrogen and oxygen atoms in total. The van der Waals surface area contributed by atoms with E-state index in [0.29, 0.717) is 17.7 Å². The minimum Gasteiger partial charge on any atom is -0.496 e. The molecule has 0 bridgehead atoms. The summed E-state index contributed by atoms with van der Waals surface area (Å²) in [5.74, 6) is 0.728. The molecule has 3 heteroatoms. The first-order valence-corrected chi connectivity index (χ1v) is 6.10. The number of Topliss-reactive ketones (excluding diaryl/α,β-unsaturated/α-hetero) is 1. The molecule has 1 aliphatic rings. The lowest BCUT2D eigenvalue weighted by Crippen LogP contribution is -2.38. The van der Waals surface area contributed by atoms with Gasteiger partial charge in [-0.15, -0.1) is 0 Å². The van der Waals surface area contributed by atoms with E-state index in [0.717, 1.165) is 25.7 Å². The number of ketones is 1. The molecule has 0 heterocycles. The first-order valence-electron chi connectivity index (χ1n) is 6.10. The van der Waals surface area contributed by atoms with Crippen LogP contribution in [0.25, 0.3) is 0 Å². The Morgan fingerprint density at radius 2 is 2.00 bits per heavy atom. The van der Waals surface area contributed by atoms with Crippen molar-refractivity contribution in [2.75, 3.05) is 7.11 Å². The third kappa shape index (κ3) is 2.67. The molecule has 92 valence electrons. The third-order valence-electron chi connectivity index (χ3n) is 3.52. The van der Waals surface area contributed by atoms with E-state index >= 15 is 0 Å². The predicted molar refractivity (Wildman–Crippen MR) is 67.3 cm³/mol. The van der Waals surface area contributed by atoms with Gasteiger partial charge in [0.15, 0.2) is 5.78 Å². The molecule has 1 aliphatic carbocycles. The van der Waals surface area contributed by atoms with Gasteiger partial charge in [-0.05, 0) is 25.0 Å². The largest absolute Gasteiger partial charge is 0.496 e. The number of methoxy groups -OCH3 is 1. The summed E-state index contributed by atoms with van der Waals surface area (Å²) >= 11 is 0. The maximum absolute atomic E-state index is 12.2. The quantitative estimate of drug-likeness (QED) is 0.813. The Bertz CT molecular complexity index is 408. The molecule has 1 aromatic carbocycles. The lowest BCUT2D eigenvalue weighted by molar-refractivity contribution is 0.0949. The first-order chi connectivity index (χ1) is 8.14. The van der Waals surface area contributed by atoms with Crippen molar-refractivity contribution in [1.82, 2.24) is 0 Å². The van der Waals surface area contributed by atoms with Crippen molar-refractivity contribution in [2.45, 2.75) is 37.6 Å². The predicted octanol–water partition coefficient (Wildman–Crippen LogP) is 2.54. The molecule has 0 spiro atoms.